The van der Waals surface area contributed by atoms with Gasteiger partial charge in [-0.1, -0.05) is 13.3 Å². The molecule has 0 fully saturated rings. The van der Waals surface area contributed by atoms with Gasteiger partial charge in [-0.15, -0.1) is 0 Å². The third-order valence-corrected chi connectivity index (χ3v) is 27.0. The highest BCUT2D eigenvalue weighted by Gasteiger charge is 2.37. The van der Waals surface area contributed by atoms with Crippen LogP contribution < -0.4 is 0 Å². The van der Waals surface area contributed by atoms with Gasteiger partial charge in [0.05, 0.1) is 225 Å². The first-order valence-electron chi connectivity index (χ1n) is 30.8. The summed E-state index contributed by atoms with van der Waals surface area (Å²) < 4.78 is 118. The van der Waals surface area contributed by atoms with E-state index in [9.17, 15) is 0 Å². The number of hydrogen-bond acceptors (Lipinski definition) is 22. The van der Waals surface area contributed by atoms with Crippen LogP contribution >= 0.6 is 0 Å². The van der Waals surface area contributed by atoms with Crippen LogP contribution in [0.2, 0.25) is 90.7 Å². The molecular weight excluding hydrogens is 1170 g/mol. The van der Waals surface area contributed by atoms with Gasteiger partial charge in [-0.3, -0.25) is 0 Å². The lowest BCUT2D eigenvalue weighted by atomic mass is 10.4. The highest BCUT2D eigenvalue weighted by atomic mass is 28.5. The minimum Gasteiger partial charge on any atom is -0.456 e. The molecule has 0 aliphatic heterocycles. The summed E-state index contributed by atoms with van der Waals surface area (Å²) in [7, 11) is -8.45. The second kappa shape index (κ2) is 61.1. The van der Waals surface area contributed by atoms with Gasteiger partial charge in [-0.05, 0) is 110 Å². The third-order valence-electron chi connectivity index (χ3n) is 10.6. The van der Waals surface area contributed by atoms with Crippen molar-refractivity contribution in [1.82, 2.24) is 0 Å². The molecule has 502 valence electrons. The standard InChI is InChI=1S/C28H64O12Si3.C28H62O10Si2/c1-41(2,3)39-43(6,7)40-42(4,5)28-8-10-30-12-14-32-16-18-34-20-22-36-24-26-38-27-25-37-23-21-35-19-17-33-15-13-31-11-9-29;1-7-8-10-29-12-14-31-16-18-33-20-22-35-24-26-37-27-25-36-23-21-34-19-17-32-15-13-30-11-9-28-40(5,6)38-39(2,3)4/h29H,8-28H2,1-7H3;7-28H2,1-6H3. The second-order valence-electron chi connectivity index (χ2n) is 22.8. The van der Waals surface area contributed by atoms with Crippen molar-refractivity contribution < 1.29 is 103 Å². The Morgan fingerprint density at radius 1 is 0.217 bits per heavy atom. The van der Waals surface area contributed by atoms with Crippen LogP contribution in [-0.2, 0) is 97.6 Å². The maximum Gasteiger partial charge on any atom is 0.311 e. The third kappa shape index (κ3) is 76.4. The number of aliphatic hydroxyl groups is 1. The number of rotatable bonds is 67. The summed E-state index contributed by atoms with van der Waals surface area (Å²) in [4.78, 5) is 0. The van der Waals surface area contributed by atoms with Crippen LogP contribution in [0.3, 0.4) is 0 Å². The Kier molecular flexibility index (Phi) is 62.7. The SMILES string of the molecule is CCCCOCCOCCOCCOCCOCCOCCOCCOCCOCCC[Si](C)(C)O[Si](C)(C)C.C[Si](C)(C)O[Si](C)(C)O[Si](C)(C)CCCOCCOCCOCCOCCOCCOCCOCCOCCOCCO. The second-order valence-corrected chi connectivity index (χ2v) is 44.5. The van der Waals surface area contributed by atoms with Crippen LogP contribution in [0.25, 0.3) is 0 Å². The summed E-state index contributed by atoms with van der Waals surface area (Å²) in [5, 5.41) is 8.58. The number of aliphatic hydroxyl groups excluding tert-OH is 1. The maximum atomic E-state index is 8.58. The van der Waals surface area contributed by atoms with Gasteiger partial charge in [0.1, 0.15) is 0 Å². The number of hydrogen-bond donors (Lipinski definition) is 1. The molecule has 0 aliphatic carbocycles. The Morgan fingerprint density at radius 2 is 0.398 bits per heavy atom. The molecule has 27 heteroatoms. The summed E-state index contributed by atoms with van der Waals surface area (Å²) >= 11 is 0. The molecule has 83 heavy (non-hydrogen) atoms. The smallest absolute Gasteiger partial charge is 0.311 e. The molecule has 0 rings (SSSR count). The average Bonchev–Trinajstić information content (AvgIpc) is 3.45. The van der Waals surface area contributed by atoms with Crippen LogP contribution in [0.5, 0.6) is 0 Å². The van der Waals surface area contributed by atoms with Gasteiger partial charge in [-0.2, -0.15) is 0 Å². The fourth-order valence-corrected chi connectivity index (χ4v) is 28.8. The zero-order chi connectivity index (χ0) is 61.8. The zero-order valence-corrected chi connectivity index (χ0v) is 59.9. The summed E-state index contributed by atoms with van der Waals surface area (Å²) in [6, 6.07) is 2.20. The van der Waals surface area contributed by atoms with Crippen molar-refractivity contribution in [1.29, 1.82) is 0 Å². The predicted molar refractivity (Wildman–Crippen MR) is 338 cm³/mol. The Hall–Kier alpha value is 0.204. The average molecular weight is 1290 g/mol. The lowest BCUT2D eigenvalue weighted by molar-refractivity contribution is -0.0255. The molecule has 0 aromatic carbocycles. The van der Waals surface area contributed by atoms with Crippen LogP contribution in [0.1, 0.15) is 32.6 Å². The lowest BCUT2D eigenvalue weighted by Gasteiger charge is -2.37. The molecule has 0 aromatic rings. The first kappa shape index (κ1) is 85.3. The molecule has 22 nitrogen and oxygen atoms in total. The molecule has 0 radical (unpaired) electrons. The quantitative estimate of drug-likeness (QED) is 0.0457. The van der Waals surface area contributed by atoms with Gasteiger partial charge in [0.15, 0.2) is 33.3 Å². The maximum absolute atomic E-state index is 8.58. The van der Waals surface area contributed by atoms with E-state index in [1.54, 1.807) is 0 Å². The first-order chi connectivity index (χ1) is 39.7. The van der Waals surface area contributed by atoms with E-state index in [1.165, 1.54) is 0 Å². The predicted octanol–water partition coefficient (Wildman–Crippen LogP) is 7.68. The van der Waals surface area contributed by atoms with Gasteiger partial charge in [0.2, 0.25) is 0 Å². The molecule has 0 amide bonds. The van der Waals surface area contributed by atoms with E-state index in [1.807, 2.05) is 0 Å². The van der Waals surface area contributed by atoms with Gasteiger partial charge >= 0.3 is 8.56 Å². The summed E-state index contributed by atoms with van der Waals surface area (Å²) in [5.41, 5.74) is 0. The molecule has 0 aliphatic rings. The highest BCUT2D eigenvalue weighted by Crippen LogP contribution is 2.24. The molecule has 0 aromatic heterocycles. The summed E-state index contributed by atoms with van der Waals surface area (Å²) in [6.07, 6.45) is 4.30. The van der Waals surface area contributed by atoms with Crippen molar-refractivity contribution in [2.24, 2.45) is 0 Å². The van der Waals surface area contributed by atoms with E-state index in [2.05, 4.69) is 85.5 Å². The number of ether oxygens (including phenoxy) is 18. The van der Waals surface area contributed by atoms with E-state index in [0.717, 1.165) is 57.6 Å². The number of unbranched alkanes of at least 4 members (excludes halogenated alkanes) is 1. The fourth-order valence-electron chi connectivity index (χ4n) is 7.59. The molecule has 0 atom stereocenters. The molecule has 0 saturated carbocycles. The molecule has 0 bridgehead atoms. The summed E-state index contributed by atoms with van der Waals surface area (Å²) in [5.74, 6) is 0. The minimum atomic E-state index is -2.08. The van der Waals surface area contributed by atoms with Crippen molar-refractivity contribution in [2.75, 3.05) is 244 Å². The van der Waals surface area contributed by atoms with Gasteiger partial charge < -0.3 is 103 Å². The normalized spacial score (nSPS) is 12.7. The van der Waals surface area contributed by atoms with Crippen LogP contribution in [0.4, 0.5) is 0 Å². The van der Waals surface area contributed by atoms with E-state index < -0.39 is 41.8 Å². The summed E-state index contributed by atoms with van der Waals surface area (Å²) in [6.45, 7) is 49.1. The van der Waals surface area contributed by atoms with Gasteiger partial charge in [0.25, 0.3) is 0 Å². The first-order valence-corrected chi connectivity index (χ1v) is 46.7. The van der Waals surface area contributed by atoms with Crippen LogP contribution in [0, 0.1) is 0 Å². The van der Waals surface area contributed by atoms with Crippen LogP contribution in [-0.4, -0.2) is 291 Å². The fraction of sp³-hybridized carbons (Fsp3) is 1.00. The minimum absolute atomic E-state index is 0.0284. The largest absolute Gasteiger partial charge is 0.456 e. The highest BCUT2D eigenvalue weighted by molar-refractivity contribution is 6.87. The Labute approximate surface area is 510 Å². The van der Waals surface area contributed by atoms with Crippen molar-refractivity contribution in [3.8, 4) is 0 Å². The Morgan fingerprint density at radius 3 is 0.590 bits per heavy atom. The van der Waals surface area contributed by atoms with E-state index in [4.69, 9.17) is 103 Å². The molecule has 0 heterocycles. The van der Waals surface area contributed by atoms with E-state index in [-0.39, 0.29) is 6.61 Å². The van der Waals surface area contributed by atoms with E-state index >= 15 is 0 Å². The monoisotopic (exact) mass is 1290 g/mol. The van der Waals surface area contributed by atoms with Gasteiger partial charge in [0, 0.05) is 19.8 Å². The molecule has 0 unspecified atom stereocenters. The van der Waals surface area contributed by atoms with Crippen molar-refractivity contribution in [3.05, 3.63) is 0 Å². The molecular formula is C56H126O22Si5. The van der Waals surface area contributed by atoms with Gasteiger partial charge in [-0.25, -0.2) is 0 Å². The zero-order valence-electron chi connectivity index (χ0n) is 54.9. The van der Waals surface area contributed by atoms with Crippen LogP contribution in [0.15, 0.2) is 0 Å². The lowest BCUT2D eigenvalue weighted by Crippen LogP contribution is -2.51. The van der Waals surface area contributed by atoms with Crippen molar-refractivity contribution in [2.45, 2.75) is 123 Å². The molecule has 0 saturated heterocycles. The van der Waals surface area contributed by atoms with Crippen molar-refractivity contribution >= 4 is 41.8 Å². The van der Waals surface area contributed by atoms with E-state index in [0.29, 0.717) is 218 Å². The topological polar surface area (TPSA) is 214 Å². The molecule has 0 spiro atoms. The Balaban J connectivity index is 0. The van der Waals surface area contributed by atoms with Crippen molar-refractivity contribution in [3.63, 3.8) is 0 Å². The Bertz CT molecular complexity index is 1300. The molecule has 1 N–H and O–H groups in total.